The summed E-state index contributed by atoms with van der Waals surface area (Å²) in [7, 11) is 1.79. The van der Waals surface area contributed by atoms with Crippen LogP contribution in [0.3, 0.4) is 0 Å². The van der Waals surface area contributed by atoms with Gasteiger partial charge >= 0.3 is 0 Å². The summed E-state index contributed by atoms with van der Waals surface area (Å²) in [6, 6.07) is 7.65. The van der Waals surface area contributed by atoms with E-state index in [9.17, 15) is 4.79 Å². The Morgan fingerprint density at radius 3 is 3.05 bits per heavy atom. The van der Waals surface area contributed by atoms with Gasteiger partial charge in [0, 0.05) is 12.1 Å². The van der Waals surface area contributed by atoms with Gasteiger partial charge in [-0.05, 0) is 17.7 Å². The van der Waals surface area contributed by atoms with Crippen molar-refractivity contribution in [1.29, 1.82) is 0 Å². The predicted molar refractivity (Wildman–Crippen MR) is 78.5 cm³/mol. The highest BCUT2D eigenvalue weighted by Crippen LogP contribution is 2.35. The quantitative estimate of drug-likeness (QED) is 0.872. The van der Waals surface area contributed by atoms with Crippen LogP contribution in [0.25, 0.3) is 0 Å². The summed E-state index contributed by atoms with van der Waals surface area (Å²) in [5.41, 5.74) is 1.88. The molecule has 0 N–H and O–H groups in total. The van der Waals surface area contributed by atoms with E-state index < -0.39 is 0 Å². The van der Waals surface area contributed by atoms with Crippen molar-refractivity contribution in [3.05, 3.63) is 46.7 Å². The molecule has 3 rings (SSSR count). The molecule has 0 radical (unpaired) electrons. The van der Waals surface area contributed by atoms with Crippen molar-refractivity contribution in [1.82, 2.24) is 19.9 Å². The van der Waals surface area contributed by atoms with Gasteiger partial charge < -0.3 is 4.90 Å². The monoisotopic (exact) mass is 308 g/mol. The van der Waals surface area contributed by atoms with Gasteiger partial charge in [-0.1, -0.05) is 28.9 Å². The third kappa shape index (κ3) is 2.66. The lowest BCUT2D eigenvalue weighted by Crippen LogP contribution is -2.23. The summed E-state index contributed by atoms with van der Waals surface area (Å²) in [6.07, 6.45) is 1.88. The SMILES string of the molecule is CN1C(=O)CS[C@H]1c1cn(Cc2cccc(Cl)c2)nn1. The molecule has 0 bridgehead atoms. The lowest BCUT2D eigenvalue weighted by molar-refractivity contribution is -0.126. The molecule has 7 heteroatoms. The molecule has 0 spiro atoms. The van der Waals surface area contributed by atoms with E-state index in [-0.39, 0.29) is 11.3 Å². The van der Waals surface area contributed by atoms with Crippen LogP contribution in [0, 0.1) is 0 Å². The Morgan fingerprint density at radius 2 is 2.35 bits per heavy atom. The zero-order chi connectivity index (χ0) is 14.1. The zero-order valence-corrected chi connectivity index (χ0v) is 12.4. The van der Waals surface area contributed by atoms with E-state index in [0.29, 0.717) is 17.3 Å². The molecule has 1 aromatic carbocycles. The molecule has 0 unspecified atom stereocenters. The number of carbonyl (C=O) groups excluding carboxylic acids is 1. The molecule has 20 heavy (non-hydrogen) atoms. The molecule has 1 aromatic heterocycles. The van der Waals surface area contributed by atoms with Crippen LogP contribution in [-0.2, 0) is 11.3 Å². The molecule has 5 nitrogen and oxygen atoms in total. The van der Waals surface area contributed by atoms with Gasteiger partial charge in [-0.15, -0.1) is 16.9 Å². The Morgan fingerprint density at radius 1 is 1.50 bits per heavy atom. The summed E-state index contributed by atoms with van der Waals surface area (Å²) in [5, 5.41) is 8.96. The number of nitrogens with zero attached hydrogens (tertiary/aromatic N) is 4. The second-order valence-electron chi connectivity index (χ2n) is 4.64. The van der Waals surface area contributed by atoms with Gasteiger partial charge in [0.05, 0.1) is 18.5 Å². The van der Waals surface area contributed by atoms with Crippen molar-refractivity contribution in [2.24, 2.45) is 0 Å². The van der Waals surface area contributed by atoms with E-state index in [4.69, 9.17) is 11.6 Å². The highest BCUT2D eigenvalue weighted by Gasteiger charge is 2.31. The number of amides is 1. The molecular weight excluding hydrogens is 296 g/mol. The second-order valence-corrected chi connectivity index (χ2v) is 6.14. The minimum atomic E-state index is -0.0318. The van der Waals surface area contributed by atoms with Crippen molar-refractivity contribution in [2.75, 3.05) is 12.8 Å². The Labute approximate surface area is 125 Å². The molecule has 1 aliphatic heterocycles. The average Bonchev–Trinajstić information content (AvgIpc) is 2.98. The number of hydrogen-bond donors (Lipinski definition) is 0. The average molecular weight is 309 g/mol. The van der Waals surface area contributed by atoms with E-state index in [1.54, 1.807) is 28.4 Å². The van der Waals surface area contributed by atoms with Crippen LogP contribution in [0.5, 0.6) is 0 Å². The van der Waals surface area contributed by atoms with E-state index in [0.717, 1.165) is 11.3 Å². The molecule has 1 saturated heterocycles. The van der Waals surface area contributed by atoms with Gasteiger partial charge in [0.1, 0.15) is 11.1 Å². The molecule has 1 amide bonds. The summed E-state index contributed by atoms with van der Waals surface area (Å²) in [6.45, 7) is 0.614. The van der Waals surface area contributed by atoms with Crippen LogP contribution in [0.4, 0.5) is 0 Å². The van der Waals surface area contributed by atoms with Crippen molar-refractivity contribution in [2.45, 2.75) is 11.9 Å². The fourth-order valence-electron chi connectivity index (χ4n) is 2.10. The van der Waals surface area contributed by atoms with Gasteiger partial charge in [-0.3, -0.25) is 4.79 Å². The first kappa shape index (κ1) is 13.5. The van der Waals surface area contributed by atoms with Gasteiger partial charge in [-0.25, -0.2) is 4.68 Å². The fourth-order valence-corrected chi connectivity index (χ4v) is 3.44. The zero-order valence-electron chi connectivity index (χ0n) is 10.9. The summed E-state index contributed by atoms with van der Waals surface area (Å²) < 4.78 is 1.76. The van der Waals surface area contributed by atoms with Gasteiger partial charge in [0.25, 0.3) is 0 Å². The largest absolute Gasteiger partial charge is 0.327 e. The van der Waals surface area contributed by atoms with Crippen LogP contribution in [-0.4, -0.2) is 38.6 Å². The third-order valence-corrected chi connectivity index (χ3v) is 4.67. The lowest BCUT2D eigenvalue weighted by atomic mass is 10.2. The maximum atomic E-state index is 11.5. The van der Waals surface area contributed by atoms with E-state index in [2.05, 4.69) is 10.3 Å². The molecule has 0 aliphatic carbocycles. The fraction of sp³-hybridized carbons (Fsp3) is 0.308. The van der Waals surface area contributed by atoms with Crippen LogP contribution in [0.2, 0.25) is 5.02 Å². The van der Waals surface area contributed by atoms with E-state index in [1.165, 1.54) is 0 Å². The summed E-state index contributed by atoms with van der Waals surface area (Å²) in [4.78, 5) is 13.2. The highest BCUT2D eigenvalue weighted by atomic mass is 35.5. The normalized spacial score (nSPS) is 18.8. The van der Waals surface area contributed by atoms with Crippen molar-refractivity contribution in [3.63, 3.8) is 0 Å². The molecule has 2 heterocycles. The first-order chi connectivity index (χ1) is 9.63. The smallest absolute Gasteiger partial charge is 0.233 e. The number of halogens is 1. The maximum absolute atomic E-state index is 11.5. The number of hydrogen-bond acceptors (Lipinski definition) is 4. The number of rotatable bonds is 3. The number of benzene rings is 1. The third-order valence-electron chi connectivity index (χ3n) is 3.15. The molecule has 1 aliphatic rings. The van der Waals surface area contributed by atoms with Gasteiger partial charge in [0.2, 0.25) is 5.91 Å². The highest BCUT2D eigenvalue weighted by molar-refractivity contribution is 8.00. The first-order valence-electron chi connectivity index (χ1n) is 6.15. The Hall–Kier alpha value is -1.53. The van der Waals surface area contributed by atoms with Crippen molar-refractivity contribution < 1.29 is 4.79 Å². The van der Waals surface area contributed by atoms with Gasteiger partial charge in [0.15, 0.2) is 0 Å². The van der Waals surface area contributed by atoms with Crippen LogP contribution < -0.4 is 0 Å². The topological polar surface area (TPSA) is 51.0 Å². The second kappa shape index (κ2) is 5.46. The van der Waals surface area contributed by atoms with Crippen molar-refractivity contribution in [3.8, 4) is 0 Å². The number of thioether (sulfide) groups is 1. The number of aromatic nitrogens is 3. The molecule has 104 valence electrons. The minimum Gasteiger partial charge on any atom is -0.327 e. The molecule has 2 aromatic rings. The molecular formula is C13H13ClN4OS. The Balaban J connectivity index is 1.76. The Bertz CT molecular complexity index is 645. The predicted octanol–water partition coefficient (Wildman–Crippen LogP) is 2.18. The van der Waals surface area contributed by atoms with E-state index in [1.807, 2.05) is 30.5 Å². The van der Waals surface area contributed by atoms with Crippen LogP contribution in [0.1, 0.15) is 16.6 Å². The summed E-state index contributed by atoms with van der Waals surface area (Å²) in [5.74, 6) is 0.631. The summed E-state index contributed by atoms with van der Waals surface area (Å²) >= 11 is 7.54. The molecule has 1 atom stereocenters. The minimum absolute atomic E-state index is 0.0318. The molecule has 1 fully saturated rings. The van der Waals surface area contributed by atoms with E-state index >= 15 is 0 Å². The Kier molecular flexibility index (Phi) is 3.67. The lowest BCUT2D eigenvalue weighted by Gasteiger charge is -2.15. The maximum Gasteiger partial charge on any atom is 0.233 e. The number of carbonyl (C=O) groups is 1. The molecule has 0 saturated carbocycles. The van der Waals surface area contributed by atoms with Crippen LogP contribution >= 0.6 is 23.4 Å². The van der Waals surface area contributed by atoms with Crippen molar-refractivity contribution >= 4 is 29.3 Å². The van der Waals surface area contributed by atoms with Gasteiger partial charge in [-0.2, -0.15) is 0 Å². The van der Waals surface area contributed by atoms with Crippen LogP contribution in [0.15, 0.2) is 30.5 Å². The first-order valence-corrected chi connectivity index (χ1v) is 7.58. The standard InChI is InChI=1S/C13H13ClN4OS/c1-17-12(19)8-20-13(17)11-7-18(16-15-11)6-9-3-2-4-10(14)5-9/h2-5,7,13H,6,8H2,1H3/t13-/m0/s1.